The van der Waals surface area contributed by atoms with E-state index in [0.29, 0.717) is 42.7 Å². The SMILES string of the molecule is CNC(=O)c1ccc(-c2cccc(NC(=O)C3CCN(C(=O)OC(C)(C)C)CC3)c2)c([N+](=O)[O-])c1. The van der Waals surface area contributed by atoms with Crippen LogP contribution in [-0.2, 0) is 9.53 Å². The van der Waals surface area contributed by atoms with Gasteiger partial charge >= 0.3 is 6.09 Å². The van der Waals surface area contributed by atoms with E-state index in [1.165, 1.54) is 25.2 Å². The molecule has 3 rings (SSSR count). The lowest BCUT2D eigenvalue weighted by atomic mass is 9.96. The summed E-state index contributed by atoms with van der Waals surface area (Å²) < 4.78 is 5.39. The molecular formula is C25H30N4O6. The van der Waals surface area contributed by atoms with Crippen LogP contribution in [0.2, 0.25) is 0 Å². The summed E-state index contributed by atoms with van der Waals surface area (Å²) in [6, 6.07) is 11.1. The number of rotatable bonds is 5. The van der Waals surface area contributed by atoms with Gasteiger partial charge in [0, 0.05) is 43.4 Å². The molecule has 1 fully saturated rings. The molecule has 2 aromatic rings. The summed E-state index contributed by atoms with van der Waals surface area (Å²) in [4.78, 5) is 49.7. The molecule has 0 saturated carbocycles. The van der Waals surface area contributed by atoms with Crippen molar-refractivity contribution in [1.29, 1.82) is 0 Å². The van der Waals surface area contributed by atoms with E-state index in [0.717, 1.165) is 0 Å². The Hall–Kier alpha value is -3.95. The molecule has 1 aliphatic heterocycles. The number of carbonyl (C=O) groups is 3. The highest BCUT2D eigenvalue weighted by Gasteiger charge is 2.30. The van der Waals surface area contributed by atoms with Gasteiger partial charge in [-0.25, -0.2) is 4.79 Å². The lowest BCUT2D eigenvalue weighted by molar-refractivity contribution is -0.384. The largest absolute Gasteiger partial charge is 0.444 e. The van der Waals surface area contributed by atoms with Crippen LogP contribution in [0.1, 0.15) is 44.0 Å². The number of anilines is 1. The zero-order valence-corrected chi connectivity index (χ0v) is 20.3. The monoisotopic (exact) mass is 482 g/mol. The fraction of sp³-hybridized carbons (Fsp3) is 0.400. The number of hydrogen-bond acceptors (Lipinski definition) is 6. The lowest BCUT2D eigenvalue weighted by Crippen LogP contribution is -2.43. The first-order valence-corrected chi connectivity index (χ1v) is 11.4. The summed E-state index contributed by atoms with van der Waals surface area (Å²) in [5.74, 6) is -0.854. The fourth-order valence-corrected chi connectivity index (χ4v) is 3.87. The molecule has 3 amide bonds. The van der Waals surface area contributed by atoms with Crippen molar-refractivity contribution in [2.75, 3.05) is 25.5 Å². The third kappa shape index (κ3) is 6.56. The summed E-state index contributed by atoms with van der Waals surface area (Å²) in [5, 5.41) is 17.0. The fourth-order valence-electron chi connectivity index (χ4n) is 3.87. The van der Waals surface area contributed by atoms with Crippen molar-refractivity contribution in [2.45, 2.75) is 39.2 Å². The van der Waals surface area contributed by atoms with Crippen LogP contribution < -0.4 is 10.6 Å². The smallest absolute Gasteiger partial charge is 0.410 e. The topological polar surface area (TPSA) is 131 Å². The molecule has 0 bridgehead atoms. The van der Waals surface area contributed by atoms with Crippen molar-refractivity contribution in [2.24, 2.45) is 5.92 Å². The Kier molecular flexibility index (Phi) is 7.73. The van der Waals surface area contributed by atoms with Crippen molar-refractivity contribution < 1.29 is 24.0 Å². The Balaban J connectivity index is 1.69. The highest BCUT2D eigenvalue weighted by molar-refractivity contribution is 5.96. The number of nitro benzene ring substituents is 1. The number of ether oxygens (including phenoxy) is 1. The number of piperidine rings is 1. The van der Waals surface area contributed by atoms with Gasteiger partial charge in [0.2, 0.25) is 5.91 Å². The highest BCUT2D eigenvalue weighted by atomic mass is 16.6. The van der Waals surface area contributed by atoms with Gasteiger partial charge in [0.05, 0.1) is 10.5 Å². The van der Waals surface area contributed by atoms with Gasteiger partial charge in [0.1, 0.15) is 5.60 Å². The van der Waals surface area contributed by atoms with Gasteiger partial charge in [-0.1, -0.05) is 12.1 Å². The molecule has 0 radical (unpaired) electrons. The lowest BCUT2D eigenvalue weighted by Gasteiger charge is -2.32. The average molecular weight is 483 g/mol. The second kappa shape index (κ2) is 10.5. The Labute approximate surface area is 203 Å². The Bertz CT molecular complexity index is 1130. The molecule has 0 spiro atoms. The number of amides is 3. The second-order valence-corrected chi connectivity index (χ2v) is 9.38. The Morgan fingerprint density at radius 1 is 1.09 bits per heavy atom. The number of nitrogens with zero attached hydrogens (tertiary/aromatic N) is 2. The Morgan fingerprint density at radius 3 is 2.37 bits per heavy atom. The van der Waals surface area contributed by atoms with Crippen molar-refractivity contribution in [3.63, 3.8) is 0 Å². The van der Waals surface area contributed by atoms with Gasteiger partial charge in [-0.3, -0.25) is 19.7 Å². The molecule has 10 nitrogen and oxygen atoms in total. The van der Waals surface area contributed by atoms with E-state index in [2.05, 4.69) is 10.6 Å². The molecule has 1 saturated heterocycles. The zero-order chi connectivity index (χ0) is 25.8. The minimum absolute atomic E-state index is 0.171. The maximum atomic E-state index is 12.9. The van der Waals surface area contributed by atoms with Crippen LogP contribution in [0.3, 0.4) is 0 Å². The molecule has 10 heteroatoms. The number of nitrogens with one attached hydrogen (secondary N) is 2. The molecule has 0 aromatic heterocycles. The van der Waals surface area contributed by atoms with Crippen LogP contribution in [0.5, 0.6) is 0 Å². The first-order valence-electron chi connectivity index (χ1n) is 11.4. The third-order valence-electron chi connectivity index (χ3n) is 5.64. The molecule has 0 aliphatic carbocycles. The molecule has 35 heavy (non-hydrogen) atoms. The summed E-state index contributed by atoms with van der Waals surface area (Å²) in [6.45, 7) is 6.28. The van der Waals surface area contributed by atoms with E-state index in [1.807, 2.05) is 20.8 Å². The van der Waals surface area contributed by atoms with E-state index in [4.69, 9.17) is 4.74 Å². The van der Waals surface area contributed by atoms with E-state index in [1.54, 1.807) is 29.2 Å². The van der Waals surface area contributed by atoms with Gasteiger partial charge in [-0.2, -0.15) is 0 Å². The molecular weight excluding hydrogens is 452 g/mol. The van der Waals surface area contributed by atoms with E-state index in [9.17, 15) is 24.5 Å². The molecule has 0 atom stereocenters. The first kappa shape index (κ1) is 25.7. The van der Waals surface area contributed by atoms with Gasteiger partial charge < -0.3 is 20.3 Å². The molecule has 1 heterocycles. The number of nitro groups is 1. The predicted octanol–water partition coefficient (Wildman–Crippen LogP) is 4.21. The summed E-state index contributed by atoms with van der Waals surface area (Å²) in [7, 11) is 1.45. The molecule has 1 aliphatic rings. The van der Waals surface area contributed by atoms with Crippen molar-refractivity contribution >= 4 is 29.3 Å². The van der Waals surface area contributed by atoms with Crippen molar-refractivity contribution in [3.05, 3.63) is 58.1 Å². The maximum Gasteiger partial charge on any atom is 0.410 e. The summed E-state index contributed by atoms with van der Waals surface area (Å²) in [6.07, 6.45) is 0.641. The normalized spacial score (nSPS) is 14.2. The van der Waals surface area contributed by atoms with Crippen LogP contribution in [-0.4, -0.2) is 53.5 Å². The average Bonchev–Trinajstić information content (AvgIpc) is 2.82. The summed E-state index contributed by atoms with van der Waals surface area (Å²) in [5.41, 5.74) is 0.789. The molecule has 2 aromatic carbocycles. The van der Waals surface area contributed by atoms with Crippen LogP contribution in [0.15, 0.2) is 42.5 Å². The van der Waals surface area contributed by atoms with Crippen LogP contribution in [0.25, 0.3) is 11.1 Å². The van der Waals surface area contributed by atoms with Crippen LogP contribution in [0.4, 0.5) is 16.2 Å². The maximum absolute atomic E-state index is 12.9. The minimum atomic E-state index is -0.575. The zero-order valence-electron chi connectivity index (χ0n) is 20.3. The van der Waals surface area contributed by atoms with E-state index >= 15 is 0 Å². The standard InChI is InChI=1S/C25H30N4O6/c1-25(2,3)35-24(32)28-12-10-16(11-13-28)23(31)27-19-7-5-6-17(14-19)20-9-8-18(22(30)26-4)15-21(20)29(33)34/h5-9,14-16H,10-13H2,1-4H3,(H,26,30)(H,27,31). The van der Waals surface area contributed by atoms with Crippen LogP contribution >= 0.6 is 0 Å². The van der Waals surface area contributed by atoms with Gasteiger partial charge in [0.25, 0.3) is 11.6 Å². The van der Waals surface area contributed by atoms with E-state index < -0.39 is 16.4 Å². The molecule has 186 valence electrons. The number of carbonyl (C=O) groups excluding carboxylic acids is 3. The third-order valence-corrected chi connectivity index (χ3v) is 5.64. The van der Waals surface area contributed by atoms with Crippen molar-refractivity contribution in [3.8, 4) is 11.1 Å². The van der Waals surface area contributed by atoms with Crippen LogP contribution in [0, 0.1) is 16.0 Å². The van der Waals surface area contributed by atoms with Gasteiger partial charge in [-0.15, -0.1) is 0 Å². The molecule has 2 N–H and O–H groups in total. The quantitative estimate of drug-likeness (QED) is 0.485. The van der Waals surface area contributed by atoms with Gasteiger partial charge in [-0.05, 0) is 63.4 Å². The van der Waals surface area contributed by atoms with Gasteiger partial charge in [0.15, 0.2) is 0 Å². The number of likely N-dealkylation sites (tertiary alicyclic amines) is 1. The summed E-state index contributed by atoms with van der Waals surface area (Å²) >= 11 is 0. The van der Waals surface area contributed by atoms with E-state index in [-0.39, 0.29) is 29.2 Å². The predicted molar refractivity (Wildman–Crippen MR) is 131 cm³/mol. The number of benzene rings is 2. The molecule has 0 unspecified atom stereocenters. The second-order valence-electron chi connectivity index (χ2n) is 9.38. The first-order chi connectivity index (χ1) is 16.5. The van der Waals surface area contributed by atoms with Crippen molar-refractivity contribution in [1.82, 2.24) is 10.2 Å². The number of hydrogen-bond donors (Lipinski definition) is 2. The minimum Gasteiger partial charge on any atom is -0.444 e. The highest BCUT2D eigenvalue weighted by Crippen LogP contribution is 2.32. The Morgan fingerprint density at radius 2 is 1.77 bits per heavy atom.